The predicted molar refractivity (Wildman–Crippen MR) is 93.0 cm³/mol. The summed E-state index contributed by atoms with van der Waals surface area (Å²) in [4.78, 5) is 28.1. The molecule has 1 aromatic rings. The summed E-state index contributed by atoms with van der Waals surface area (Å²) in [5.41, 5.74) is 7.35. The van der Waals surface area contributed by atoms with Crippen LogP contribution < -0.4 is 10.6 Å². The summed E-state index contributed by atoms with van der Waals surface area (Å²) < 4.78 is 0. The quantitative estimate of drug-likeness (QED) is 0.919. The molecule has 2 amide bonds. The fourth-order valence-corrected chi connectivity index (χ4v) is 3.38. The number of rotatable bonds is 3. The van der Waals surface area contributed by atoms with Gasteiger partial charge in [0.2, 0.25) is 5.91 Å². The normalized spacial score (nSPS) is 21.3. The molecule has 0 spiro atoms. The number of hydrogen-bond acceptors (Lipinski definition) is 3. The van der Waals surface area contributed by atoms with Gasteiger partial charge in [0.05, 0.1) is 0 Å². The van der Waals surface area contributed by atoms with Crippen molar-refractivity contribution in [2.45, 2.75) is 38.1 Å². The second kappa shape index (κ2) is 7.79. The summed E-state index contributed by atoms with van der Waals surface area (Å²) in [6.07, 6.45) is 4.70. The number of likely N-dealkylation sites (tertiary alicyclic amines) is 1. The molecule has 2 N–H and O–H groups in total. The molecule has 5 nitrogen and oxygen atoms in total. The van der Waals surface area contributed by atoms with Crippen molar-refractivity contribution in [1.82, 2.24) is 4.90 Å². The van der Waals surface area contributed by atoms with Gasteiger partial charge in [0.25, 0.3) is 5.91 Å². The third kappa shape index (κ3) is 3.67. The number of benzene rings is 1. The van der Waals surface area contributed by atoms with Crippen LogP contribution in [0.25, 0.3) is 0 Å². The minimum Gasteiger partial charge on any atom is -0.334 e. The lowest BCUT2D eigenvalue weighted by Gasteiger charge is -2.35. The van der Waals surface area contributed by atoms with Crippen LogP contribution in [0.3, 0.4) is 0 Å². The molecule has 126 valence electrons. The van der Waals surface area contributed by atoms with Crippen LogP contribution in [0.2, 0.25) is 0 Å². The standard InChI is InChI=1S/C17H23N3O2.ClH/c18-12-15-4-1-2-10-20(15)17(22)13-6-8-14(9-7-13)19-11-3-5-16(19)21;/h6-9,15H,1-5,10-12,18H2;1H. The topological polar surface area (TPSA) is 66.6 Å². The molecule has 2 aliphatic rings. The number of amides is 2. The van der Waals surface area contributed by atoms with E-state index in [9.17, 15) is 9.59 Å². The molecule has 2 heterocycles. The summed E-state index contributed by atoms with van der Waals surface area (Å²) in [7, 11) is 0. The number of nitrogens with two attached hydrogens (primary N) is 1. The summed E-state index contributed by atoms with van der Waals surface area (Å²) in [6.45, 7) is 2.08. The Labute approximate surface area is 143 Å². The lowest BCUT2D eigenvalue weighted by atomic mass is 10.0. The van der Waals surface area contributed by atoms with Crippen molar-refractivity contribution in [3.05, 3.63) is 29.8 Å². The molecule has 1 aromatic carbocycles. The third-order valence-corrected chi connectivity index (χ3v) is 4.66. The largest absolute Gasteiger partial charge is 0.334 e. The Morgan fingerprint density at radius 3 is 2.48 bits per heavy atom. The first-order chi connectivity index (χ1) is 10.7. The van der Waals surface area contributed by atoms with Gasteiger partial charge >= 0.3 is 0 Å². The van der Waals surface area contributed by atoms with Crippen molar-refractivity contribution in [2.75, 3.05) is 24.5 Å². The number of nitrogens with zero attached hydrogens (tertiary/aromatic N) is 2. The maximum atomic E-state index is 12.7. The molecule has 1 unspecified atom stereocenters. The Balaban J connectivity index is 0.00000192. The van der Waals surface area contributed by atoms with Crippen molar-refractivity contribution in [3.63, 3.8) is 0 Å². The predicted octanol–water partition coefficient (Wildman–Crippen LogP) is 2.19. The Hall–Kier alpha value is -1.59. The van der Waals surface area contributed by atoms with Crippen molar-refractivity contribution >= 4 is 29.9 Å². The highest BCUT2D eigenvalue weighted by Gasteiger charge is 2.27. The van der Waals surface area contributed by atoms with E-state index in [0.29, 0.717) is 18.5 Å². The zero-order chi connectivity index (χ0) is 15.5. The van der Waals surface area contributed by atoms with Gasteiger partial charge in [-0.3, -0.25) is 9.59 Å². The van der Waals surface area contributed by atoms with E-state index in [1.54, 1.807) is 4.90 Å². The van der Waals surface area contributed by atoms with Gasteiger partial charge in [0, 0.05) is 43.3 Å². The molecule has 2 saturated heterocycles. The molecular formula is C17H24ClN3O2. The van der Waals surface area contributed by atoms with Crippen LogP contribution in [0.5, 0.6) is 0 Å². The van der Waals surface area contributed by atoms with Crippen molar-refractivity contribution in [1.29, 1.82) is 0 Å². The summed E-state index contributed by atoms with van der Waals surface area (Å²) in [6, 6.07) is 7.55. The fraction of sp³-hybridized carbons (Fsp3) is 0.529. The number of carbonyl (C=O) groups is 2. The monoisotopic (exact) mass is 337 g/mol. The summed E-state index contributed by atoms with van der Waals surface area (Å²) in [5, 5.41) is 0. The Morgan fingerprint density at radius 2 is 1.87 bits per heavy atom. The first-order valence-corrected chi connectivity index (χ1v) is 8.12. The first kappa shape index (κ1) is 17.8. The van der Waals surface area contributed by atoms with Crippen molar-refractivity contribution < 1.29 is 9.59 Å². The maximum Gasteiger partial charge on any atom is 0.254 e. The van der Waals surface area contributed by atoms with Crippen molar-refractivity contribution in [2.24, 2.45) is 5.73 Å². The van der Waals surface area contributed by atoms with E-state index in [-0.39, 0.29) is 30.3 Å². The van der Waals surface area contributed by atoms with Crippen LogP contribution in [-0.2, 0) is 4.79 Å². The molecule has 3 rings (SSSR count). The van der Waals surface area contributed by atoms with E-state index in [1.165, 1.54) is 0 Å². The molecule has 0 saturated carbocycles. The van der Waals surface area contributed by atoms with E-state index < -0.39 is 0 Å². The second-order valence-electron chi connectivity index (χ2n) is 6.08. The minimum atomic E-state index is 0. The zero-order valence-corrected chi connectivity index (χ0v) is 14.1. The lowest BCUT2D eigenvalue weighted by molar-refractivity contribution is -0.117. The Kier molecular flexibility index (Phi) is 6.02. The highest BCUT2D eigenvalue weighted by Crippen LogP contribution is 2.23. The van der Waals surface area contributed by atoms with E-state index in [0.717, 1.165) is 44.5 Å². The number of anilines is 1. The number of piperidine rings is 1. The molecule has 0 aromatic heterocycles. The van der Waals surface area contributed by atoms with E-state index >= 15 is 0 Å². The van der Waals surface area contributed by atoms with Gasteiger partial charge in [-0.1, -0.05) is 0 Å². The highest BCUT2D eigenvalue weighted by atomic mass is 35.5. The maximum absolute atomic E-state index is 12.7. The Bertz CT molecular complexity index is 561. The van der Waals surface area contributed by atoms with E-state index in [4.69, 9.17) is 5.73 Å². The average Bonchev–Trinajstić information content (AvgIpc) is 3.00. The van der Waals surface area contributed by atoms with Crippen LogP contribution in [-0.4, -0.2) is 42.4 Å². The molecule has 6 heteroatoms. The van der Waals surface area contributed by atoms with Gasteiger partial charge in [0.15, 0.2) is 0 Å². The second-order valence-corrected chi connectivity index (χ2v) is 6.08. The van der Waals surface area contributed by atoms with Crippen LogP contribution in [0.4, 0.5) is 5.69 Å². The molecule has 0 radical (unpaired) electrons. The number of halogens is 1. The molecule has 2 aliphatic heterocycles. The molecule has 1 atom stereocenters. The first-order valence-electron chi connectivity index (χ1n) is 8.12. The van der Waals surface area contributed by atoms with Gasteiger partial charge in [-0.2, -0.15) is 0 Å². The van der Waals surface area contributed by atoms with Gasteiger partial charge in [-0.05, 0) is 49.9 Å². The zero-order valence-electron chi connectivity index (χ0n) is 13.2. The van der Waals surface area contributed by atoms with Crippen molar-refractivity contribution in [3.8, 4) is 0 Å². The number of hydrogen-bond donors (Lipinski definition) is 1. The Morgan fingerprint density at radius 1 is 1.13 bits per heavy atom. The fourth-order valence-electron chi connectivity index (χ4n) is 3.38. The SMILES string of the molecule is Cl.NCC1CCCCN1C(=O)c1ccc(N2CCCC2=O)cc1. The van der Waals surface area contributed by atoms with E-state index in [2.05, 4.69) is 0 Å². The van der Waals surface area contributed by atoms with Gasteiger partial charge < -0.3 is 15.5 Å². The minimum absolute atomic E-state index is 0. The third-order valence-electron chi connectivity index (χ3n) is 4.66. The van der Waals surface area contributed by atoms with Crippen LogP contribution in [0.1, 0.15) is 42.5 Å². The molecule has 2 fully saturated rings. The highest BCUT2D eigenvalue weighted by molar-refractivity contribution is 5.97. The van der Waals surface area contributed by atoms with Gasteiger partial charge in [-0.15, -0.1) is 12.4 Å². The average molecular weight is 338 g/mol. The lowest BCUT2D eigenvalue weighted by Crippen LogP contribution is -2.47. The smallest absolute Gasteiger partial charge is 0.254 e. The van der Waals surface area contributed by atoms with Gasteiger partial charge in [0.1, 0.15) is 0 Å². The molecule has 0 bridgehead atoms. The van der Waals surface area contributed by atoms with Crippen LogP contribution in [0, 0.1) is 0 Å². The van der Waals surface area contributed by atoms with Gasteiger partial charge in [-0.25, -0.2) is 0 Å². The molecule has 0 aliphatic carbocycles. The van der Waals surface area contributed by atoms with Crippen LogP contribution in [0.15, 0.2) is 24.3 Å². The van der Waals surface area contributed by atoms with Crippen LogP contribution >= 0.6 is 12.4 Å². The molecular weight excluding hydrogens is 314 g/mol. The summed E-state index contributed by atoms with van der Waals surface area (Å²) in [5.74, 6) is 0.216. The van der Waals surface area contributed by atoms with E-state index in [1.807, 2.05) is 29.2 Å². The number of carbonyl (C=O) groups excluding carboxylic acids is 2. The molecule has 23 heavy (non-hydrogen) atoms. The summed E-state index contributed by atoms with van der Waals surface area (Å²) >= 11 is 0.